The fraction of sp³-hybridized carbons (Fsp3) is 0.462. The van der Waals surface area contributed by atoms with Gasteiger partial charge in [0.05, 0.1) is 5.56 Å². The van der Waals surface area contributed by atoms with Gasteiger partial charge in [-0.2, -0.15) is 0 Å². The van der Waals surface area contributed by atoms with Crippen LogP contribution in [-0.2, 0) is 12.8 Å². The third-order valence-electron chi connectivity index (χ3n) is 3.71. The summed E-state index contributed by atoms with van der Waals surface area (Å²) >= 11 is 1.83. The molecule has 0 radical (unpaired) electrons. The van der Waals surface area contributed by atoms with Crippen LogP contribution in [0.1, 0.15) is 35.8 Å². The van der Waals surface area contributed by atoms with Crippen molar-refractivity contribution in [3.8, 4) is 0 Å². The van der Waals surface area contributed by atoms with Crippen LogP contribution in [-0.4, -0.2) is 5.84 Å². The number of thiophene rings is 1. The van der Waals surface area contributed by atoms with Crippen LogP contribution in [0.25, 0.3) is 0 Å². The summed E-state index contributed by atoms with van der Waals surface area (Å²) in [7, 11) is 0. The predicted molar refractivity (Wildman–Crippen MR) is 73.6 cm³/mol. The Morgan fingerprint density at radius 1 is 1.59 bits per heavy atom. The topological polar surface area (TPSA) is 50.4 Å². The molecule has 0 bridgehead atoms. The first-order chi connectivity index (χ1) is 8.19. The highest BCUT2D eigenvalue weighted by Crippen LogP contribution is 2.41. The summed E-state index contributed by atoms with van der Waals surface area (Å²) < 4.78 is 0. The van der Waals surface area contributed by atoms with E-state index in [0.717, 1.165) is 22.9 Å². The average molecular weight is 247 g/mol. The predicted octanol–water partition coefficient (Wildman–Crippen LogP) is 2.87. The first-order valence-electron chi connectivity index (χ1n) is 6.14. The van der Waals surface area contributed by atoms with Crippen LogP contribution in [0.3, 0.4) is 0 Å². The summed E-state index contributed by atoms with van der Waals surface area (Å²) in [6.07, 6.45) is 4.89. The lowest BCUT2D eigenvalue weighted by molar-refractivity contribution is 0.450. The lowest BCUT2D eigenvalue weighted by atomic mass is 9.85. The van der Waals surface area contributed by atoms with E-state index in [4.69, 9.17) is 5.73 Å². The summed E-state index contributed by atoms with van der Waals surface area (Å²) in [5, 5.41) is 4.38. The van der Waals surface area contributed by atoms with Gasteiger partial charge < -0.3 is 11.1 Å². The summed E-state index contributed by atoms with van der Waals surface area (Å²) in [6.45, 7) is 6.11. The van der Waals surface area contributed by atoms with E-state index in [1.54, 1.807) is 0 Å². The second kappa shape index (κ2) is 3.88. The fourth-order valence-corrected chi connectivity index (χ4v) is 4.11. The Hall–Kier alpha value is -1.29. The van der Waals surface area contributed by atoms with Crippen LogP contribution in [0, 0.1) is 5.92 Å². The van der Waals surface area contributed by atoms with Crippen LogP contribution >= 0.6 is 11.3 Å². The molecular formula is C13H17N3S. The molecule has 0 saturated carbocycles. The summed E-state index contributed by atoms with van der Waals surface area (Å²) in [4.78, 5) is 5.73. The SMILES string of the molecule is C=C1N=C(N)c2c(sc3c2CCC(CC)C3)N1. The lowest BCUT2D eigenvalue weighted by Crippen LogP contribution is -2.22. The Kier molecular flexibility index (Phi) is 2.47. The fourth-order valence-electron chi connectivity index (χ4n) is 2.72. The number of fused-ring (bicyclic) bond motifs is 3. The van der Waals surface area contributed by atoms with Gasteiger partial charge in [0.15, 0.2) is 0 Å². The molecule has 3 nitrogen and oxygen atoms in total. The van der Waals surface area contributed by atoms with Crippen molar-refractivity contribution in [2.75, 3.05) is 5.32 Å². The number of aliphatic imine (C=N–C) groups is 1. The maximum atomic E-state index is 6.03. The van der Waals surface area contributed by atoms with Gasteiger partial charge in [-0.1, -0.05) is 19.9 Å². The van der Waals surface area contributed by atoms with Gasteiger partial charge in [-0.3, -0.25) is 0 Å². The van der Waals surface area contributed by atoms with Crippen LogP contribution in [0.15, 0.2) is 17.4 Å². The zero-order valence-corrected chi connectivity index (χ0v) is 10.9. The van der Waals surface area contributed by atoms with Gasteiger partial charge in [0.1, 0.15) is 16.7 Å². The number of rotatable bonds is 1. The zero-order valence-electron chi connectivity index (χ0n) is 10.0. The van der Waals surface area contributed by atoms with Crippen molar-refractivity contribution >= 4 is 22.2 Å². The second-order valence-corrected chi connectivity index (χ2v) is 5.90. The molecule has 2 aliphatic rings. The number of hydrogen-bond acceptors (Lipinski definition) is 4. The highest BCUT2D eigenvalue weighted by atomic mass is 32.1. The van der Waals surface area contributed by atoms with Crippen molar-refractivity contribution in [2.45, 2.75) is 32.6 Å². The molecule has 2 heterocycles. The maximum Gasteiger partial charge on any atom is 0.136 e. The highest BCUT2D eigenvalue weighted by molar-refractivity contribution is 7.16. The third-order valence-corrected chi connectivity index (χ3v) is 4.88. The number of nitrogens with two attached hydrogens (primary N) is 1. The number of amidine groups is 1. The van der Waals surface area contributed by atoms with E-state index < -0.39 is 0 Å². The van der Waals surface area contributed by atoms with E-state index >= 15 is 0 Å². The number of nitrogens with zero attached hydrogens (tertiary/aromatic N) is 1. The highest BCUT2D eigenvalue weighted by Gasteiger charge is 2.28. The van der Waals surface area contributed by atoms with Crippen molar-refractivity contribution in [1.82, 2.24) is 0 Å². The monoisotopic (exact) mass is 247 g/mol. The molecular weight excluding hydrogens is 230 g/mol. The molecule has 3 rings (SSSR count). The van der Waals surface area contributed by atoms with Crippen LogP contribution in [0.2, 0.25) is 0 Å². The minimum absolute atomic E-state index is 0.635. The van der Waals surface area contributed by atoms with Crippen LogP contribution < -0.4 is 11.1 Å². The molecule has 0 saturated heterocycles. The first-order valence-corrected chi connectivity index (χ1v) is 6.95. The van der Waals surface area contributed by atoms with E-state index in [1.165, 1.54) is 29.7 Å². The van der Waals surface area contributed by atoms with E-state index in [1.807, 2.05) is 11.3 Å². The third kappa shape index (κ3) is 1.67. The molecule has 0 aromatic carbocycles. The normalized spacial score (nSPS) is 22.5. The summed E-state index contributed by atoms with van der Waals surface area (Å²) in [5.41, 5.74) is 8.60. The molecule has 1 aliphatic carbocycles. The van der Waals surface area contributed by atoms with E-state index in [0.29, 0.717) is 11.7 Å². The minimum Gasteiger partial charge on any atom is -0.383 e. The van der Waals surface area contributed by atoms with Gasteiger partial charge in [0.25, 0.3) is 0 Å². The Balaban J connectivity index is 2.05. The average Bonchev–Trinajstić information content (AvgIpc) is 2.65. The van der Waals surface area contributed by atoms with Crippen molar-refractivity contribution < 1.29 is 0 Å². The van der Waals surface area contributed by atoms with Gasteiger partial charge >= 0.3 is 0 Å². The lowest BCUT2D eigenvalue weighted by Gasteiger charge is -2.21. The number of nitrogens with one attached hydrogen (secondary N) is 1. The van der Waals surface area contributed by atoms with Crippen molar-refractivity contribution in [3.63, 3.8) is 0 Å². The first kappa shape index (κ1) is 10.8. The van der Waals surface area contributed by atoms with Gasteiger partial charge in [-0.25, -0.2) is 4.99 Å². The van der Waals surface area contributed by atoms with Gasteiger partial charge in [-0.15, -0.1) is 11.3 Å². The van der Waals surface area contributed by atoms with Crippen molar-refractivity contribution in [1.29, 1.82) is 0 Å². The van der Waals surface area contributed by atoms with Gasteiger partial charge in [-0.05, 0) is 30.7 Å². The molecule has 0 amide bonds. The molecule has 0 spiro atoms. The largest absolute Gasteiger partial charge is 0.383 e. The van der Waals surface area contributed by atoms with Crippen LogP contribution in [0.5, 0.6) is 0 Å². The zero-order chi connectivity index (χ0) is 12.0. The minimum atomic E-state index is 0.635. The van der Waals surface area contributed by atoms with E-state index in [9.17, 15) is 0 Å². The van der Waals surface area contributed by atoms with Crippen molar-refractivity contribution in [2.24, 2.45) is 16.6 Å². The molecule has 3 N–H and O–H groups in total. The molecule has 4 heteroatoms. The number of anilines is 1. The van der Waals surface area contributed by atoms with Crippen molar-refractivity contribution in [3.05, 3.63) is 28.4 Å². The Bertz CT molecular complexity index is 513. The standard InChI is InChI=1S/C13H17N3S/c1-3-8-4-5-9-10(6-8)17-13-11(9)12(14)15-7(2)16-13/h8,16H,2-6H2,1H3,(H2,14,15). The van der Waals surface area contributed by atoms with Gasteiger partial charge in [0.2, 0.25) is 0 Å². The number of hydrogen-bond donors (Lipinski definition) is 2. The second-order valence-electron chi connectivity index (χ2n) is 4.79. The summed E-state index contributed by atoms with van der Waals surface area (Å²) in [6, 6.07) is 0. The van der Waals surface area contributed by atoms with Gasteiger partial charge in [0, 0.05) is 4.88 Å². The molecule has 1 aromatic rings. The Labute approximate surface area is 105 Å². The molecule has 90 valence electrons. The molecule has 17 heavy (non-hydrogen) atoms. The maximum absolute atomic E-state index is 6.03. The van der Waals surface area contributed by atoms with E-state index in [-0.39, 0.29) is 0 Å². The molecule has 1 aliphatic heterocycles. The smallest absolute Gasteiger partial charge is 0.136 e. The quantitative estimate of drug-likeness (QED) is 0.801. The molecule has 1 aromatic heterocycles. The van der Waals surface area contributed by atoms with Crippen LogP contribution in [0.4, 0.5) is 5.00 Å². The van der Waals surface area contributed by atoms with E-state index in [2.05, 4.69) is 23.8 Å². The molecule has 1 unspecified atom stereocenters. The molecule has 0 fully saturated rings. The summed E-state index contributed by atoms with van der Waals surface area (Å²) in [5.74, 6) is 2.13. The Morgan fingerprint density at radius 3 is 3.18 bits per heavy atom. The molecule has 1 atom stereocenters. The Morgan fingerprint density at radius 2 is 2.41 bits per heavy atom.